The van der Waals surface area contributed by atoms with Crippen molar-refractivity contribution in [1.29, 1.82) is 0 Å². The molecule has 9 atom stereocenters. The number of carbonyl (C=O) groups excluding carboxylic acids is 1. The van der Waals surface area contributed by atoms with Gasteiger partial charge in [-0.3, -0.25) is 4.79 Å². The highest BCUT2D eigenvalue weighted by Crippen LogP contribution is 2.58. The first-order valence-electron chi connectivity index (χ1n) is 11.4. The molecule has 4 saturated carbocycles. The second kappa shape index (κ2) is 6.54. The maximum atomic E-state index is 13.8. The predicted octanol–water partition coefficient (Wildman–Crippen LogP) is 6.04. The second-order valence-electron chi connectivity index (χ2n) is 10.3. The van der Waals surface area contributed by atoms with E-state index in [1.807, 2.05) is 0 Å². The normalized spacial score (nSPS) is 51.6. The molecule has 4 fully saturated rings. The molecule has 0 aromatic heterocycles. The Morgan fingerprint density at radius 2 is 1.48 bits per heavy atom. The van der Waals surface area contributed by atoms with Crippen LogP contribution in [0.1, 0.15) is 77.6 Å². The molecule has 0 amide bonds. The Morgan fingerprint density at radius 1 is 0.760 bits per heavy atom. The summed E-state index contributed by atoms with van der Waals surface area (Å²) in [6, 6.07) is 0. The van der Waals surface area contributed by atoms with Gasteiger partial charge in [-0.05, 0) is 80.0 Å². The van der Waals surface area contributed by atoms with Crippen LogP contribution in [0.5, 0.6) is 0 Å². The van der Waals surface area contributed by atoms with Gasteiger partial charge in [0.2, 0.25) is 0 Å². The molecule has 1 heteroatoms. The molecule has 0 aromatic rings. The lowest BCUT2D eigenvalue weighted by molar-refractivity contribution is -0.133. The fraction of sp³-hybridized carbons (Fsp3) is 0.875. The highest BCUT2D eigenvalue weighted by atomic mass is 16.1. The number of allylic oxidation sites excluding steroid dienone is 2. The maximum Gasteiger partial charge on any atom is 0.139 e. The molecule has 0 aliphatic heterocycles. The van der Waals surface area contributed by atoms with E-state index in [1.54, 1.807) is 0 Å². The summed E-state index contributed by atoms with van der Waals surface area (Å²) in [6.07, 6.45) is 19.5. The fourth-order valence-corrected chi connectivity index (χ4v) is 8.30. The van der Waals surface area contributed by atoms with E-state index in [0.717, 1.165) is 41.3 Å². The monoisotopic (exact) mass is 340 g/mol. The number of ketones is 1. The van der Waals surface area contributed by atoms with Crippen molar-refractivity contribution < 1.29 is 4.79 Å². The zero-order valence-corrected chi connectivity index (χ0v) is 16.0. The van der Waals surface area contributed by atoms with Crippen LogP contribution >= 0.6 is 0 Å². The third-order valence-electron chi connectivity index (χ3n) is 9.36. The van der Waals surface area contributed by atoms with Crippen molar-refractivity contribution in [2.45, 2.75) is 77.6 Å². The molecule has 138 valence electrons. The van der Waals surface area contributed by atoms with Crippen LogP contribution in [0.3, 0.4) is 0 Å². The van der Waals surface area contributed by atoms with E-state index in [-0.39, 0.29) is 0 Å². The van der Waals surface area contributed by atoms with Crippen molar-refractivity contribution in [2.24, 2.45) is 53.3 Å². The molecule has 0 spiro atoms. The van der Waals surface area contributed by atoms with Gasteiger partial charge in [-0.1, -0.05) is 51.2 Å². The molecular weight excluding hydrogens is 304 g/mol. The molecule has 5 aliphatic rings. The summed E-state index contributed by atoms with van der Waals surface area (Å²) >= 11 is 0. The predicted molar refractivity (Wildman–Crippen MR) is 102 cm³/mol. The van der Waals surface area contributed by atoms with Crippen molar-refractivity contribution in [2.75, 3.05) is 0 Å². The molecule has 5 rings (SSSR count). The Bertz CT molecular complexity index is 546. The zero-order valence-electron chi connectivity index (χ0n) is 16.0. The van der Waals surface area contributed by atoms with Gasteiger partial charge in [0.25, 0.3) is 0 Å². The molecule has 0 radical (unpaired) electrons. The number of rotatable bonds is 2. The van der Waals surface area contributed by atoms with Gasteiger partial charge in [-0.25, -0.2) is 0 Å². The van der Waals surface area contributed by atoms with E-state index in [2.05, 4.69) is 19.1 Å². The van der Waals surface area contributed by atoms with Gasteiger partial charge in [0.15, 0.2) is 0 Å². The Hall–Kier alpha value is -0.590. The lowest BCUT2D eigenvalue weighted by Gasteiger charge is -2.44. The van der Waals surface area contributed by atoms with Crippen molar-refractivity contribution in [3.63, 3.8) is 0 Å². The first-order valence-corrected chi connectivity index (χ1v) is 11.4. The van der Waals surface area contributed by atoms with E-state index < -0.39 is 0 Å². The van der Waals surface area contributed by atoms with Crippen LogP contribution in [-0.2, 0) is 4.79 Å². The van der Waals surface area contributed by atoms with Crippen molar-refractivity contribution in [3.05, 3.63) is 12.2 Å². The van der Waals surface area contributed by atoms with E-state index in [4.69, 9.17) is 0 Å². The molecule has 0 aromatic carbocycles. The topological polar surface area (TPSA) is 17.1 Å². The summed E-state index contributed by atoms with van der Waals surface area (Å²) in [4.78, 5) is 13.8. The van der Waals surface area contributed by atoms with Crippen LogP contribution in [0.2, 0.25) is 0 Å². The standard InChI is InChI=1S/C24H36O/c1-15-12-13-21(19-10-3-2-9-18(15)19)24(25)22-14-17-8-4-6-16-7-5-11-20(22)23(16)17/h2-3,15-23H,4-14H2,1H3. The molecule has 0 heterocycles. The summed E-state index contributed by atoms with van der Waals surface area (Å²) in [6.45, 7) is 2.44. The molecule has 0 saturated heterocycles. The Morgan fingerprint density at radius 3 is 2.32 bits per heavy atom. The van der Waals surface area contributed by atoms with Gasteiger partial charge < -0.3 is 0 Å². The number of carbonyl (C=O) groups is 1. The first kappa shape index (κ1) is 16.6. The molecule has 9 unspecified atom stereocenters. The number of fused-ring (bicyclic) bond motifs is 1. The van der Waals surface area contributed by atoms with Gasteiger partial charge in [-0.2, -0.15) is 0 Å². The summed E-state index contributed by atoms with van der Waals surface area (Å²) in [5.74, 6) is 7.45. The van der Waals surface area contributed by atoms with Crippen molar-refractivity contribution in [1.82, 2.24) is 0 Å². The van der Waals surface area contributed by atoms with E-state index in [9.17, 15) is 4.79 Å². The fourth-order valence-electron chi connectivity index (χ4n) is 8.30. The summed E-state index contributed by atoms with van der Waals surface area (Å²) < 4.78 is 0. The molecule has 1 nitrogen and oxygen atoms in total. The van der Waals surface area contributed by atoms with Gasteiger partial charge in [0.05, 0.1) is 0 Å². The van der Waals surface area contributed by atoms with Gasteiger partial charge in [0, 0.05) is 11.8 Å². The summed E-state index contributed by atoms with van der Waals surface area (Å²) in [5, 5.41) is 0. The average Bonchev–Trinajstić information content (AvgIpc) is 3.03. The smallest absolute Gasteiger partial charge is 0.139 e. The highest BCUT2D eigenvalue weighted by molar-refractivity contribution is 5.84. The van der Waals surface area contributed by atoms with Gasteiger partial charge >= 0.3 is 0 Å². The highest BCUT2D eigenvalue weighted by Gasteiger charge is 2.53. The lowest BCUT2D eigenvalue weighted by Crippen LogP contribution is -2.42. The van der Waals surface area contributed by atoms with Crippen LogP contribution in [0.15, 0.2) is 12.2 Å². The van der Waals surface area contributed by atoms with E-state index in [1.165, 1.54) is 70.6 Å². The minimum Gasteiger partial charge on any atom is -0.299 e. The minimum absolute atomic E-state index is 0.400. The number of hydrogen-bond donors (Lipinski definition) is 0. The first-order chi connectivity index (χ1) is 12.2. The molecule has 5 aliphatic carbocycles. The van der Waals surface area contributed by atoms with Crippen LogP contribution in [0.25, 0.3) is 0 Å². The van der Waals surface area contributed by atoms with E-state index in [0.29, 0.717) is 17.8 Å². The molecule has 0 N–H and O–H groups in total. The largest absolute Gasteiger partial charge is 0.299 e. The number of hydrogen-bond acceptors (Lipinski definition) is 1. The third-order valence-corrected chi connectivity index (χ3v) is 9.36. The SMILES string of the molecule is CC1CCC(C(=O)C2CC3CCCC4CCCC2C43)C2CC=CCC12. The third kappa shape index (κ3) is 2.67. The Labute approximate surface area is 154 Å². The molecule has 0 bridgehead atoms. The van der Waals surface area contributed by atoms with Crippen LogP contribution in [-0.4, -0.2) is 5.78 Å². The lowest BCUT2D eigenvalue weighted by atomic mass is 9.59. The Kier molecular flexibility index (Phi) is 4.33. The second-order valence-corrected chi connectivity index (χ2v) is 10.3. The van der Waals surface area contributed by atoms with Gasteiger partial charge in [-0.15, -0.1) is 0 Å². The van der Waals surface area contributed by atoms with Crippen LogP contribution in [0, 0.1) is 53.3 Å². The van der Waals surface area contributed by atoms with Crippen LogP contribution in [0.4, 0.5) is 0 Å². The van der Waals surface area contributed by atoms with Crippen molar-refractivity contribution >= 4 is 5.78 Å². The quantitative estimate of drug-likeness (QED) is 0.560. The molecular formula is C24H36O. The minimum atomic E-state index is 0.400. The van der Waals surface area contributed by atoms with Gasteiger partial charge in [0.1, 0.15) is 5.78 Å². The van der Waals surface area contributed by atoms with Crippen LogP contribution < -0.4 is 0 Å². The summed E-state index contributed by atoms with van der Waals surface area (Å²) in [7, 11) is 0. The Balaban J connectivity index is 1.38. The summed E-state index contributed by atoms with van der Waals surface area (Å²) in [5.41, 5.74) is 0. The molecule has 25 heavy (non-hydrogen) atoms. The maximum absolute atomic E-state index is 13.8. The van der Waals surface area contributed by atoms with Crippen molar-refractivity contribution in [3.8, 4) is 0 Å². The number of Topliss-reactive ketones (excluding diaryl/α,β-unsaturated/α-hetero) is 1. The zero-order chi connectivity index (χ0) is 17.0. The van der Waals surface area contributed by atoms with E-state index >= 15 is 0 Å². The average molecular weight is 341 g/mol.